The Hall–Kier alpha value is -2.78. The van der Waals surface area contributed by atoms with Gasteiger partial charge >= 0.3 is 11.8 Å². The van der Waals surface area contributed by atoms with Crippen molar-refractivity contribution in [1.82, 2.24) is 0 Å². The molecule has 0 saturated carbocycles. The second-order valence-electron chi connectivity index (χ2n) is 4.50. The lowest BCUT2D eigenvalue weighted by atomic mass is 10.2. The lowest BCUT2D eigenvalue weighted by Crippen LogP contribution is -2.29. The standard InChI is InChI=1S/C16H13N3O2S/c1-11-3-2-4-13(9-11)19-16(21)15(20)18-12-5-7-14(8-6-12)22-10-17/h2-9H,1H3,(H,18,20)(H,19,21). The van der Waals surface area contributed by atoms with Gasteiger partial charge in [0.15, 0.2) is 0 Å². The maximum Gasteiger partial charge on any atom is 0.314 e. The van der Waals surface area contributed by atoms with Gasteiger partial charge in [0.25, 0.3) is 0 Å². The van der Waals surface area contributed by atoms with Gasteiger partial charge in [0.05, 0.1) is 0 Å². The number of rotatable bonds is 3. The maximum atomic E-state index is 11.8. The van der Waals surface area contributed by atoms with Crippen molar-refractivity contribution < 1.29 is 9.59 Å². The maximum absolute atomic E-state index is 11.8. The van der Waals surface area contributed by atoms with E-state index >= 15 is 0 Å². The third kappa shape index (κ3) is 4.36. The van der Waals surface area contributed by atoms with Crippen LogP contribution in [0.15, 0.2) is 53.4 Å². The molecule has 2 aromatic rings. The van der Waals surface area contributed by atoms with Crippen molar-refractivity contribution in [2.45, 2.75) is 11.8 Å². The van der Waals surface area contributed by atoms with Crippen molar-refractivity contribution >= 4 is 35.0 Å². The zero-order valence-electron chi connectivity index (χ0n) is 11.8. The Morgan fingerprint density at radius 1 is 1.00 bits per heavy atom. The molecular formula is C16H13N3O2S. The number of nitrogens with one attached hydrogen (secondary N) is 2. The first kappa shape index (κ1) is 15.6. The predicted octanol–water partition coefficient (Wildman–Crippen LogP) is 3.15. The summed E-state index contributed by atoms with van der Waals surface area (Å²) in [5, 5.41) is 15.6. The van der Waals surface area contributed by atoms with Crippen LogP contribution in [-0.2, 0) is 9.59 Å². The minimum atomic E-state index is -0.748. The fourth-order valence-corrected chi connectivity index (χ4v) is 2.14. The van der Waals surface area contributed by atoms with Gasteiger partial charge in [0, 0.05) is 16.3 Å². The fraction of sp³-hybridized carbons (Fsp3) is 0.0625. The summed E-state index contributed by atoms with van der Waals surface area (Å²) in [5.41, 5.74) is 2.05. The van der Waals surface area contributed by atoms with Gasteiger partial charge < -0.3 is 10.6 Å². The lowest BCUT2D eigenvalue weighted by Gasteiger charge is -2.07. The normalized spacial score (nSPS) is 9.64. The molecule has 0 fully saturated rings. The van der Waals surface area contributed by atoms with E-state index in [9.17, 15) is 9.59 Å². The number of carbonyl (C=O) groups excluding carboxylic acids is 2. The number of carbonyl (C=O) groups is 2. The minimum absolute atomic E-state index is 0.492. The first-order valence-electron chi connectivity index (χ1n) is 6.43. The molecule has 2 rings (SSSR count). The topological polar surface area (TPSA) is 82.0 Å². The molecule has 0 radical (unpaired) electrons. The predicted molar refractivity (Wildman–Crippen MR) is 86.4 cm³/mol. The summed E-state index contributed by atoms with van der Waals surface area (Å²) in [5.74, 6) is -1.48. The summed E-state index contributed by atoms with van der Waals surface area (Å²) in [6.07, 6.45) is 0. The lowest BCUT2D eigenvalue weighted by molar-refractivity contribution is -0.132. The Kier molecular flexibility index (Phi) is 5.17. The van der Waals surface area contributed by atoms with Crippen LogP contribution in [0.1, 0.15) is 5.56 Å². The van der Waals surface area contributed by atoms with E-state index in [1.165, 1.54) is 0 Å². The Morgan fingerprint density at radius 2 is 1.64 bits per heavy atom. The number of amides is 2. The van der Waals surface area contributed by atoms with Gasteiger partial charge in [-0.1, -0.05) is 12.1 Å². The van der Waals surface area contributed by atoms with E-state index in [0.717, 1.165) is 22.2 Å². The highest BCUT2D eigenvalue weighted by Crippen LogP contribution is 2.19. The minimum Gasteiger partial charge on any atom is -0.318 e. The van der Waals surface area contributed by atoms with E-state index in [2.05, 4.69) is 10.6 Å². The molecule has 2 N–H and O–H groups in total. The van der Waals surface area contributed by atoms with Crippen LogP contribution in [-0.4, -0.2) is 11.8 Å². The molecule has 0 aromatic heterocycles. The Labute approximate surface area is 132 Å². The highest BCUT2D eigenvalue weighted by molar-refractivity contribution is 8.03. The van der Waals surface area contributed by atoms with Crippen LogP contribution in [0.2, 0.25) is 0 Å². The summed E-state index contributed by atoms with van der Waals surface area (Å²) in [4.78, 5) is 24.4. The van der Waals surface area contributed by atoms with Crippen molar-refractivity contribution in [3.8, 4) is 5.40 Å². The third-order valence-corrected chi connectivity index (χ3v) is 3.36. The monoisotopic (exact) mass is 311 g/mol. The molecule has 6 heteroatoms. The fourth-order valence-electron chi connectivity index (χ4n) is 1.76. The Morgan fingerprint density at radius 3 is 2.23 bits per heavy atom. The van der Waals surface area contributed by atoms with Gasteiger partial charge in [0.1, 0.15) is 5.40 Å². The van der Waals surface area contributed by atoms with Crippen LogP contribution >= 0.6 is 11.8 Å². The van der Waals surface area contributed by atoms with Crippen LogP contribution in [0.4, 0.5) is 11.4 Å². The van der Waals surface area contributed by atoms with Crippen molar-refractivity contribution in [3.63, 3.8) is 0 Å². The summed E-state index contributed by atoms with van der Waals surface area (Å²) in [6, 6.07) is 13.9. The smallest absolute Gasteiger partial charge is 0.314 e. The SMILES string of the molecule is Cc1cccc(NC(=O)C(=O)Nc2ccc(SC#N)cc2)c1. The summed E-state index contributed by atoms with van der Waals surface area (Å²) in [7, 11) is 0. The average molecular weight is 311 g/mol. The Balaban J connectivity index is 1.96. The molecule has 22 heavy (non-hydrogen) atoms. The van der Waals surface area contributed by atoms with Crippen LogP contribution in [0.3, 0.4) is 0 Å². The zero-order chi connectivity index (χ0) is 15.9. The van der Waals surface area contributed by atoms with Crippen LogP contribution in [0, 0.1) is 17.6 Å². The van der Waals surface area contributed by atoms with Gasteiger partial charge in [-0.3, -0.25) is 9.59 Å². The summed E-state index contributed by atoms with van der Waals surface area (Å²) >= 11 is 1.03. The molecule has 2 aromatic carbocycles. The molecule has 110 valence electrons. The molecular weight excluding hydrogens is 298 g/mol. The van der Waals surface area contributed by atoms with Crippen molar-refractivity contribution in [2.24, 2.45) is 0 Å². The van der Waals surface area contributed by atoms with Crippen LogP contribution < -0.4 is 10.6 Å². The highest BCUT2D eigenvalue weighted by atomic mass is 32.2. The molecule has 0 saturated heterocycles. The van der Waals surface area contributed by atoms with E-state index < -0.39 is 11.8 Å². The van der Waals surface area contributed by atoms with E-state index in [0.29, 0.717) is 11.4 Å². The van der Waals surface area contributed by atoms with E-state index in [1.54, 1.807) is 42.5 Å². The number of thioether (sulfide) groups is 1. The summed E-state index contributed by atoms with van der Waals surface area (Å²) in [6.45, 7) is 1.90. The first-order valence-corrected chi connectivity index (χ1v) is 7.25. The van der Waals surface area contributed by atoms with Gasteiger partial charge in [0.2, 0.25) is 0 Å². The molecule has 5 nitrogen and oxygen atoms in total. The second kappa shape index (κ2) is 7.29. The number of nitriles is 1. The van der Waals surface area contributed by atoms with Gasteiger partial charge in [-0.05, 0) is 60.6 Å². The Bertz CT molecular complexity index is 736. The molecule has 0 aliphatic heterocycles. The van der Waals surface area contributed by atoms with Gasteiger partial charge in [-0.2, -0.15) is 5.26 Å². The average Bonchev–Trinajstić information content (AvgIpc) is 2.49. The molecule has 2 amide bonds. The number of nitrogens with zero attached hydrogens (tertiary/aromatic N) is 1. The van der Waals surface area contributed by atoms with E-state index in [1.807, 2.05) is 18.4 Å². The molecule has 0 aliphatic rings. The van der Waals surface area contributed by atoms with Crippen molar-refractivity contribution in [2.75, 3.05) is 10.6 Å². The molecule has 0 atom stereocenters. The van der Waals surface area contributed by atoms with Crippen LogP contribution in [0.25, 0.3) is 0 Å². The number of thiocyanates is 1. The first-order chi connectivity index (χ1) is 10.6. The number of benzene rings is 2. The van der Waals surface area contributed by atoms with Gasteiger partial charge in [-0.15, -0.1) is 0 Å². The van der Waals surface area contributed by atoms with E-state index in [4.69, 9.17) is 5.26 Å². The zero-order valence-corrected chi connectivity index (χ0v) is 12.6. The number of hydrogen-bond donors (Lipinski definition) is 2. The van der Waals surface area contributed by atoms with Crippen molar-refractivity contribution in [3.05, 3.63) is 54.1 Å². The third-order valence-electron chi connectivity index (χ3n) is 2.76. The second-order valence-corrected chi connectivity index (χ2v) is 5.35. The molecule has 0 aliphatic carbocycles. The molecule has 0 unspecified atom stereocenters. The van der Waals surface area contributed by atoms with Gasteiger partial charge in [-0.25, -0.2) is 0 Å². The van der Waals surface area contributed by atoms with Crippen molar-refractivity contribution in [1.29, 1.82) is 5.26 Å². The quantitative estimate of drug-likeness (QED) is 0.518. The summed E-state index contributed by atoms with van der Waals surface area (Å²) < 4.78 is 0. The highest BCUT2D eigenvalue weighted by Gasteiger charge is 2.14. The molecule has 0 spiro atoms. The molecule has 0 heterocycles. The number of anilines is 2. The number of aryl methyl sites for hydroxylation is 1. The molecule has 0 bridgehead atoms. The van der Waals surface area contributed by atoms with Crippen LogP contribution in [0.5, 0.6) is 0 Å². The number of hydrogen-bond acceptors (Lipinski definition) is 4. The van der Waals surface area contributed by atoms with E-state index in [-0.39, 0.29) is 0 Å². The largest absolute Gasteiger partial charge is 0.318 e.